The minimum Gasteiger partial charge on any atom is -0.493 e. The number of hydrogen-bond acceptors (Lipinski definition) is 4. The molecular weight excluding hydrogens is 240 g/mol. The smallest absolute Gasteiger partial charge is 0.127 e. The van der Waals surface area contributed by atoms with E-state index in [9.17, 15) is 0 Å². The molecule has 2 aliphatic rings. The number of benzene rings is 1. The molecule has 0 spiro atoms. The van der Waals surface area contributed by atoms with Gasteiger partial charge in [-0.3, -0.25) is 0 Å². The van der Waals surface area contributed by atoms with Gasteiger partial charge in [-0.25, -0.2) is 10.4 Å². The molecule has 1 unspecified atom stereocenters. The van der Waals surface area contributed by atoms with E-state index >= 15 is 0 Å². The van der Waals surface area contributed by atoms with Gasteiger partial charge in [-0.2, -0.15) is 0 Å². The Hall–Kier alpha value is -1.10. The van der Waals surface area contributed by atoms with Crippen molar-refractivity contribution in [2.75, 3.05) is 32.9 Å². The van der Waals surface area contributed by atoms with Gasteiger partial charge in [0.15, 0.2) is 0 Å². The third kappa shape index (κ3) is 2.91. The third-order valence-electron chi connectivity index (χ3n) is 3.85. The maximum absolute atomic E-state index is 5.92. The molecule has 0 amide bonds. The SMILES string of the molecule is Cc1cccc2c1OCCCC2NN1CCOCC1. The molecule has 1 aromatic carbocycles. The van der Waals surface area contributed by atoms with E-state index in [1.54, 1.807) is 0 Å². The minimum absolute atomic E-state index is 0.357. The van der Waals surface area contributed by atoms with E-state index in [4.69, 9.17) is 9.47 Å². The summed E-state index contributed by atoms with van der Waals surface area (Å²) in [5.41, 5.74) is 6.18. The fourth-order valence-electron chi connectivity index (χ4n) is 2.81. The summed E-state index contributed by atoms with van der Waals surface area (Å²) in [6.45, 7) is 6.49. The fraction of sp³-hybridized carbons (Fsp3) is 0.600. The Labute approximate surface area is 114 Å². The van der Waals surface area contributed by atoms with Gasteiger partial charge in [-0.1, -0.05) is 18.2 Å². The van der Waals surface area contributed by atoms with Crippen molar-refractivity contribution in [3.8, 4) is 5.75 Å². The van der Waals surface area contributed by atoms with Gasteiger partial charge in [0, 0.05) is 18.7 Å². The lowest BCUT2D eigenvalue weighted by Crippen LogP contribution is -2.47. The van der Waals surface area contributed by atoms with Crippen molar-refractivity contribution < 1.29 is 9.47 Å². The zero-order valence-electron chi connectivity index (χ0n) is 11.5. The topological polar surface area (TPSA) is 33.7 Å². The first-order valence-corrected chi connectivity index (χ1v) is 7.16. The molecule has 104 valence electrons. The second kappa shape index (κ2) is 5.90. The van der Waals surface area contributed by atoms with Crippen LogP contribution in [0.5, 0.6) is 5.75 Å². The van der Waals surface area contributed by atoms with Gasteiger partial charge in [0.05, 0.1) is 25.9 Å². The van der Waals surface area contributed by atoms with Crippen LogP contribution in [0.15, 0.2) is 18.2 Å². The molecule has 0 aliphatic carbocycles. The van der Waals surface area contributed by atoms with Crippen LogP contribution in [0.2, 0.25) is 0 Å². The third-order valence-corrected chi connectivity index (χ3v) is 3.85. The molecule has 0 bridgehead atoms. The monoisotopic (exact) mass is 262 g/mol. The lowest BCUT2D eigenvalue weighted by molar-refractivity contribution is 0.00265. The highest BCUT2D eigenvalue weighted by molar-refractivity contribution is 5.43. The zero-order chi connectivity index (χ0) is 13.1. The first-order valence-electron chi connectivity index (χ1n) is 7.16. The summed E-state index contributed by atoms with van der Waals surface area (Å²) >= 11 is 0. The van der Waals surface area contributed by atoms with Gasteiger partial charge >= 0.3 is 0 Å². The molecular formula is C15H22N2O2. The summed E-state index contributed by atoms with van der Waals surface area (Å²) in [4.78, 5) is 0. The van der Waals surface area contributed by atoms with E-state index in [0.717, 1.165) is 51.5 Å². The van der Waals surface area contributed by atoms with Crippen molar-refractivity contribution in [3.05, 3.63) is 29.3 Å². The number of nitrogens with one attached hydrogen (secondary N) is 1. The van der Waals surface area contributed by atoms with Crippen LogP contribution in [-0.2, 0) is 4.74 Å². The highest BCUT2D eigenvalue weighted by Crippen LogP contribution is 2.34. The molecule has 4 heteroatoms. The summed E-state index contributed by atoms with van der Waals surface area (Å²) in [6, 6.07) is 6.79. The maximum Gasteiger partial charge on any atom is 0.127 e. The van der Waals surface area contributed by atoms with Crippen molar-refractivity contribution in [1.29, 1.82) is 0 Å². The number of fused-ring (bicyclic) bond motifs is 1. The number of ether oxygens (including phenoxy) is 2. The van der Waals surface area contributed by atoms with Crippen LogP contribution in [0, 0.1) is 6.92 Å². The summed E-state index contributed by atoms with van der Waals surface area (Å²) in [5, 5.41) is 2.28. The standard InChI is InChI=1S/C15H22N2O2/c1-12-4-2-5-13-14(6-3-9-19-15(12)13)16-17-7-10-18-11-8-17/h2,4-5,14,16H,3,6-11H2,1H3. The Balaban J connectivity index is 1.79. The normalized spacial score (nSPS) is 24.4. The number of hydrazine groups is 1. The number of para-hydroxylation sites is 1. The summed E-state index contributed by atoms with van der Waals surface area (Å²) in [6.07, 6.45) is 2.21. The Morgan fingerprint density at radius 1 is 1.21 bits per heavy atom. The van der Waals surface area contributed by atoms with E-state index in [-0.39, 0.29) is 0 Å². The van der Waals surface area contributed by atoms with Gasteiger partial charge in [-0.05, 0) is 25.3 Å². The van der Waals surface area contributed by atoms with Crippen LogP contribution in [0.25, 0.3) is 0 Å². The first-order chi connectivity index (χ1) is 9.34. The highest BCUT2D eigenvalue weighted by Gasteiger charge is 2.23. The van der Waals surface area contributed by atoms with E-state index in [2.05, 4.69) is 35.6 Å². The van der Waals surface area contributed by atoms with Crippen molar-refractivity contribution >= 4 is 0 Å². The molecule has 1 atom stereocenters. The molecule has 2 aliphatic heterocycles. The average Bonchev–Trinajstić information content (AvgIpc) is 2.64. The molecule has 1 aromatic rings. The van der Waals surface area contributed by atoms with Crippen molar-refractivity contribution in [3.63, 3.8) is 0 Å². The first kappa shape index (κ1) is 12.9. The quantitative estimate of drug-likeness (QED) is 0.884. The van der Waals surface area contributed by atoms with Crippen LogP contribution in [0.4, 0.5) is 0 Å². The lowest BCUT2D eigenvalue weighted by atomic mass is 10.0. The minimum atomic E-state index is 0.357. The molecule has 1 fully saturated rings. The van der Waals surface area contributed by atoms with Crippen LogP contribution in [0.3, 0.4) is 0 Å². The molecule has 19 heavy (non-hydrogen) atoms. The van der Waals surface area contributed by atoms with Crippen LogP contribution in [-0.4, -0.2) is 37.9 Å². The van der Waals surface area contributed by atoms with Gasteiger partial charge in [-0.15, -0.1) is 0 Å². The molecule has 3 rings (SSSR count). The van der Waals surface area contributed by atoms with Gasteiger partial charge in [0.2, 0.25) is 0 Å². The molecule has 1 N–H and O–H groups in total. The molecule has 0 radical (unpaired) electrons. The van der Waals surface area contributed by atoms with E-state index in [1.807, 2.05) is 0 Å². The molecule has 4 nitrogen and oxygen atoms in total. The number of aryl methyl sites for hydroxylation is 1. The molecule has 2 heterocycles. The number of morpholine rings is 1. The Morgan fingerprint density at radius 3 is 2.89 bits per heavy atom. The summed E-state index contributed by atoms with van der Waals surface area (Å²) in [5.74, 6) is 1.07. The molecule has 0 saturated carbocycles. The van der Waals surface area contributed by atoms with Gasteiger partial charge in [0.25, 0.3) is 0 Å². The van der Waals surface area contributed by atoms with Crippen molar-refractivity contribution in [2.24, 2.45) is 0 Å². The van der Waals surface area contributed by atoms with Crippen LogP contribution >= 0.6 is 0 Å². The lowest BCUT2D eigenvalue weighted by Gasteiger charge is -2.31. The predicted molar refractivity (Wildman–Crippen MR) is 74.2 cm³/mol. The second-order valence-electron chi connectivity index (χ2n) is 5.27. The van der Waals surface area contributed by atoms with Crippen molar-refractivity contribution in [2.45, 2.75) is 25.8 Å². The predicted octanol–water partition coefficient (Wildman–Crippen LogP) is 2.05. The zero-order valence-corrected chi connectivity index (χ0v) is 11.5. The van der Waals surface area contributed by atoms with E-state index < -0.39 is 0 Å². The highest BCUT2D eigenvalue weighted by atomic mass is 16.5. The Morgan fingerprint density at radius 2 is 2.05 bits per heavy atom. The van der Waals surface area contributed by atoms with Crippen LogP contribution in [0.1, 0.15) is 30.0 Å². The average molecular weight is 262 g/mol. The Bertz CT molecular complexity index is 430. The largest absolute Gasteiger partial charge is 0.493 e. The fourth-order valence-corrected chi connectivity index (χ4v) is 2.81. The van der Waals surface area contributed by atoms with E-state index in [1.165, 1.54) is 11.1 Å². The number of rotatable bonds is 2. The molecule has 1 saturated heterocycles. The molecule has 0 aromatic heterocycles. The summed E-state index contributed by atoms with van der Waals surface area (Å²) in [7, 11) is 0. The number of hydrogen-bond donors (Lipinski definition) is 1. The maximum atomic E-state index is 5.92. The van der Waals surface area contributed by atoms with E-state index in [0.29, 0.717) is 6.04 Å². The Kier molecular flexibility index (Phi) is 4.01. The summed E-state index contributed by atoms with van der Waals surface area (Å²) < 4.78 is 11.3. The van der Waals surface area contributed by atoms with Crippen LogP contribution < -0.4 is 10.2 Å². The second-order valence-corrected chi connectivity index (χ2v) is 5.27. The van der Waals surface area contributed by atoms with Gasteiger partial charge < -0.3 is 9.47 Å². The van der Waals surface area contributed by atoms with Gasteiger partial charge in [0.1, 0.15) is 5.75 Å². The van der Waals surface area contributed by atoms with Crippen molar-refractivity contribution in [1.82, 2.24) is 10.4 Å². The number of nitrogens with zero attached hydrogens (tertiary/aromatic N) is 1.